The minimum Gasteiger partial charge on any atom is -0.508 e. The van der Waals surface area contributed by atoms with Crippen LogP contribution >= 0.6 is 0 Å². The lowest BCUT2D eigenvalue weighted by atomic mass is 10.0. The fourth-order valence-corrected chi connectivity index (χ4v) is 2.21. The van der Waals surface area contributed by atoms with Crippen LogP contribution < -0.4 is 5.73 Å². The van der Waals surface area contributed by atoms with Crippen LogP contribution in [-0.4, -0.2) is 58.8 Å². The van der Waals surface area contributed by atoms with Crippen molar-refractivity contribution in [2.24, 2.45) is 5.73 Å². The van der Waals surface area contributed by atoms with Crippen LogP contribution in [0.15, 0.2) is 24.3 Å². The monoisotopic (exact) mass is 294 g/mol. The summed E-state index contributed by atoms with van der Waals surface area (Å²) < 4.78 is 5.07. The molecule has 1 aromatic carbocycles. The van der Waals surface area contributed by atoms with Crippen LogP contribution in [0, 0.1) is 0 Å². The number of hydrogen-bond acceptors (Lipinski definition) is 5. The summed E-state index contributed by atoms with van der Waals surface area (Å²) in [6.45, 7) is 0.540. The van der Waals surface area contributed by atoms with E-state index >= 15 is 0 Å². The van der Waals surface area contributed by atoms with Gasteiger partial charge in [-0.25, -0.2) is 4.79 Å². The number of carboxylic acids is 1. The molecule has 7 heteroatoms. The normalized spacial score (nSPS) is 20.0. The third kappa shape index (κ3) is 3.93. The number of rotatable bonds is 4. The highest BCUT2D eigenvalue weighted by atomic mass is 16.5. The Morgan fingerprint density at radius 3 is 2.67 bits per heavy atom. The third-order valence-corrected chi connectivity index (χ3v) is 3.36. The average Bonchev–Trinajstić information content (AvgIpc) is 2.49. The van der Waals surface area contributed by atoms with E-state index in [1.807, 2.05) is 0 Å². The fourth-order valence-electron chi connectivity index (χ4n) is 2.21. The van der Waals surface area contributed by atoms with Crippen LogP contribution in [0.2, 0.25) is 0 Å². The Kier molecular flexibility index (Phi) is 4.77. The van der Waals surface area contributed by atoms with E-state index in [2.05, 4.69) is 0 Å². The van der Waals surface area contributed by atoms with Crippen LogP contribution in [-0.2, 0) is 20.7 Å². The first-order valence-electron chi connectivity index (χ1n) is 6.64. The van der Waals surface area contributed by atoms with Gasteiger partial charge in [0.25, 0.3) is 0 Å². The standard InChI is InChI=1S/C14H18N2O5/c15-11(7-9-1-3-10(17)4-2-9)13(18)16-5-6-21-12(8-16)14(19)20/h1-4,11-12,17H,5-8,15H2,(H,19,20)/t11-,12?/m0/s1. The number of nitrogens with two attached hydrogens (primary N) is 1. The van der Waals surface area contributed by atoms with Crippen molar-refractivity contribution in [3.63, 3.8) is 0 Å². The van der Waals surface area contributed by atoms with Gasteiger partial charge >= 0.3 is 5.97 Å². The Morgan fingerprint density at radius 1 is 1.38 bits per heavy atom. The molecule has 1 amide bonds. The lowest BCUT2D eigenvalue weighted by Crippen LogP contribution is -2.53. The van der Waals surface area contributed by atoms with Crippen LogP contribution in [0.25, 0.3) is 0 Å². The number of carbonyl (C=O) groups is 2. The zero-order valence-corrected chi connectivity index (χ0v) is 11.4. The number of amides is 1. The molecule has 0 bridgehead atoms. The van der Waals surface area contributed by atoms with Crippen LogP contribution in [0.5, 0.6) is 5.75 Å². The van der Waals surface area contributed by atoms with Crippen molar-refractivity contribution in [3.05, 3.63) is 29.8 Å². The number of aromatic hydroxyl groups is 1. The Labute approximate surface area is 121 Å². The van der Waals surface area contributed by atoms with Crippen LogP contribution in [0.4, 0.5) is 0 Å². The quantitative estimate of drug-likeness (QED) is 0.695. The molecule has 2 rings (SSSR count). The average molecular weight is 294 g/mol. The number of hydrogen-bond donors (Lipinski definition) is 3. The highest BCUT2D eigenvalue weighted by Gasteiger charge is 2.31. The molecular formula is C14H18N2O5. The van der Waals surface area contributed by atoms with Gasteiger partial charge in [0.1, 0.15) is 5.75 Å². The molecule has 0 aromatic heterocycles. The van der Waals surface area contributed by atoms with Gasteiger partial charge in [0.15, 0.2) is 6.10 Å². The first-order valence-corrected chi connectivity index (χ1v) is 6.64. The van der Waals surface area contributed by atoms with Gasteiger partial charge in [-0.15, -0.1) is 0 Å². The van der Waals surface area contributed by atoms with Crippen molar-refractivity contribution in [3.8, 4) is 5.75 Å². The highest BCUT2D eigenvalue weighted by Crippen LogP contribution is 2.13. The number of phenolic OH excluding ortho intramolecular Hbond substituents is 1. The number of ether oxygens (including phenoxy) is 1. The van der Waals surface area contributed by atoms with Gasteiger partial charge in [-0.05, 0) is 24.1 Å². The van der Waals surface area contributed by atoms with Gasteiger partial charge in [-0.1, -0.05) is 12.1 Å². The number of phenols is 1. The van der Waals surface area contributed by atoms with Crippen molar-refractivity contribution < 1.29 is 24.5 Å². The van der Waals surface area contributed by atoms with Crippen molar-refractivity contribution in [2.45, 2.75) is 18.6 Å². The Balaban J connectivity index is 1.95. The van der Waals surface area contributed by atoms with E-state index in [1.54, 1.807) is 12.1 Å². The first kappa shape index (κ1) is 15.3. The molecule has 0 spiro atoms. The maximum atomic E-state index is 12.2. The smallest absolute Gasteiger partial charge is 0.334 e. The summed E-state index contributed by atoms with van der Waals surface area (Å²) in [6.07, 6.45) is -0.669. The van der Waals surface area contributed by atoms with Crippen LogP contribution in [0.3, 0.4) is 0 Å². The van der Waals surface area contributed by atoms with E-state index in [0.717, 1.165) is 5.56 Å². The van der Waals surface area contributed by atoms with Crippen LogP contribution in [0.1, 0.15) is 5.56 Å². The maximum Gasteiger partial charge on any atom is 0.334 e. The topological polar surface area (TPSA) is 113 Å². The lowest BCUT2D eigenvalue weighted by molar-refractivity contribution is -0.159. The molecule has 1 aromatic rings. The number of aliphatic carboxylic acids is 1. The SMILES string of the molecule is N[C@@H](Cc1ccc(O)cc1)C(=O)N1CCOC(C(=O)O)C1. The highest BCUT2D eigenvalue weighted by molar-refractivity contribution is 5.83. The Morgan fingerprint density at radius 2 is 2.05 bits per heavy atom. The molecule has 2 atom stereocenters. The van der Waals surface area contributed by atoms with Gasteiger partial charge in [-0.2, -0.15) is 0 Å². The molecule has 0 aliphatic carbocycles. The molecule has 1 unspecified atom stereocenters. The summed E-state index contributed by atoms with van der Waals surface area (Å²) in [5.74, 6) is -1.23. The van der Waals surface area contributed by atoms with E-state index in [0.29, 0.717) is 13.0 Å². The number of morpholine rings is 1. The van der Waals surface area contributed by atoms with Crippen molar-refractivity contribution >= 4 is 11.9 Å². The molecular weight excluding hydrogens is 276 g/mol. The van der Waals surface area contributed by atoms with Gasteiger partial charge in [0.05, 0.1) is 19.2 Å². The minimum atomic E-state index is -1.08. The molecule has 1 aliphatic heterocycles. The summed E-state index contributed by atoms with van der Waals surface area (Å²) in [4.78, 5) is 24.6. The second-order valence-electron chi connectivity index (χ2n) is 4.96. The van der Waals surface area contributed by atoms with Crippen molar-refractivity contribution in [1.29, 1.82) is 0 Å². The molecule has 1 fully saturated rings. The molecule has 114 valence electrons. The van der Waals surface area contributed by atoms with Gasteiger partial charge in [0.2, 0.25) is 5.91 Å². The van der Waals surface area contributed by atoms with E-state index in [4.69, 9.17) is 15.6 Å². The first-order chi connectivity index (χ1) is 9.97. The van der Waals surface area contributed by atoms with Gasteiger partial charge in [-0.3, -0.25) is 4.79 Å². The number of carboxylic acid groups (broad SMARTS) is 1. The number of nitrogens with zero attached hydrogens (tertiary/aromatic N) is 1. The summed E-state index contributed by atoms with van der Waals surface area (Å²) in [5.41, 5.74) is 6.73. The summed E-state index contributed by atoms with van der Waals surface area (Å²) in [7, 11) is 0. The predicted octanol–water partition coefficient (Wildman–Crippen LogP) is -0.426. The van der Waals surface area contributed by atoms with Crippen molar-refractivity contribution in [2.75, 3.05) is 19.7 Å². The van der Waals surface area contributed by atoms with E-state index in [1.165, 1.54) is 17.0 Å². The van der Waals surface area contributed by atoms with E-state index in [9.17, 15) is 14.7 Å². The summed E-state index contributed by atoms with van der Waals surface area (Å²) in [5, 5.41) is 18.1. The van der Waals surface area contributed by atoms with Gasteiger partial charge in [0, 0.05) is 6.54 Å². The molecule has 1 aliphatic rings. The minimum absolute atomic E-state index is 0.0114. The molecule has 0 saturated carbocycles. The zero-order chi connectivity index (χ0) is 15.4. The summed E-state index contributed by atoms with van der Waals surface area (Å²) >= 11 is 0. The second kappa shape index (κ2) is 6.55. The largest absolute Gasteiger partial charge is 0.508 e. The molecule has 0 radical (unpaired) electrons. The molecule has 1 saturated heterocycles. The predicted molar refractivity (Wildman–Crippen MR) is 73.7 cm³/mol. The zero-order valence-electron chi connectivity index (χ0n) is 11.4. The lowest BCUT2D eigenvalue weighted by Gasteiger charge is -2.32. The second-order valence-corrected chi connectivity index (χ2v) is 4.96. The van der Waals surface area contributed by atoms with Crippen molar-refractivity contribution in [1.82, 2.24) is 4.90 Å². The summed E-state index contributed by atoms with van der Waals surface area (Å²) in [6, 6.07) is 5.70. The Bertz CT molecular complexity index is 517. The molecule has 7 nitrogen and oxygen atoms in total. The Hall–Kier alpha value is -2.12. The molecule has 21 heavy (non-hydrogen) atoms. The van der Waals surface area contributed by atoms with E-state index < -0.39 is 18.1 Å². The number of carbonyl (C=O) groups excluding carboxylic acids is 1. The number of benzene rings is 1. The third-order valence-electron chi connectivity index (χ3n) is 3.36. The van der Waals surface area contributed by atoms with Gasteiger partial charge < -0.3 is 25.6 Å². The maximum absolute atomic E-state index is 12.2. The molecule has 4 N–H and O–H groups in total. The molecule has 1 heterocycles. The fraction of sp³-hybridized carbons (Fsp3) is 0.429. The van der Waals surface area contributed by atoms with E-state index in [-0.39, 0.29) is 24.8 Å².